The van der Waals surface area contributed by atoms with Crippen LogP contribution >= 0.6 is 23.8 Å². The van der Waals surface area contributed by atoms with E-state index in [9.17, 15) is 0 Å². The predicted molar refractivity (Wildman–Crippen MR) is 83.7 cm³/mol. The van der Waals surface area contributed by atoms with E-state index in [0.29, 0.717) is 35.3 Å². The average Bonchev–Trinajstić information content (AvgIpc) is 2.45. The Morgan fingerprint density at radius 3 is 2.85 bits per heavy atom. The van der Waals surface area contributed by atoms with Gasteiger partial charge in [-0.15, -0.1) is 0 Å². The van der Waals surface area contributed by atoms with Gasteiger partial charge in [0.25, 0.3) is 0 Å². The number of nitrogens with two attached hydrogens (primary N) is 1. The number of rotatable bonds is 6. The fourth-order valence-corrected chi connectivity index (χ4v) is 2.07. The second kappa shape index (κ2) is 7.12. The average molecular weight is 308 g/mol. The van der Waals surface area contributed by atoms with Crippen LogP contribution in [0.5, 0.6) is 0 Å². The zero-order valence-electron chi connectivity index (χ0n) is 10.7. The number of pyridine rings is 1. The summed E-state index contributed by atoms with van der Waals surface area (Å²) in [6.45, 7) is 1.27. The molecular weight excluding hydrogens is 294 g/mol. The van der Waals surface area contributed by atoms with Crippen molar-refractivity contribution in [2.45, 2.75) is 13.0 Å². The first-order valence-corrected chi connectivity index (χ1v) is 6.83. The third kappa shape index (κ3) is 4.11. The monoisotopic (exact) mass is 307 g/mol. The minimum atomic E-state index is 0.464. The lowest BCUT2D eigenvalue weighted by Gasteiger charge is -2.24. The van der Waals surface area contributed by atoms with Crippen molar-refractivity contribution >= 4 is 34.6 Å². The van der Waals surface area contributed by atoms with E-state index < -0.39 is 0 Å². The summed E-state index contributed by atoms with van der Waals surface area (Å²) in [5, 5.41) is 0.499. The summed E-state index contributed by atoms with van der Waals surface area (Å²) in [7, 11) is 0. The summed E-state index contributed by atoms with van der Waals surface area (Å²) >= 11 is 11.1. The van der Waals surface area contributed by atoms with Crippen LogP contribution in [0, 0.1) is 0 Å². The van der Waals surface area contributed by atoms with Gasteiger partial charge in [-0.25, -0.2) is 9.97 Å². The van der Waals surface area contributed by atoms with Crippen LogP contribution in [0.3, 0.4) is 0 Å². The lowest BCUT2D eigenvalue weighted by molar-refractivity contribution is 0.785. The SMILES string of the molecule is NC(=S)CCN(Cc1cccnc1)c1ncncc1Cl. The molecule has 104 valence electrons. The van der Waals surface area contributed by atoms with Crippen molar-refractivity contribution in [2.24, 2.45) is 5.73 Å². The maximum atomic E-state index is 6.15. The van der Waals surface area contributed by atoms with Gasteiger partial charge in [-0.1, -0.05) is 29.9 Å². The van der Waals surface area contributed by atoms with E-state index in [4.69, 9.17) is 29.6 Å². The van der Waals surface area contributed by atoms with Gasteiger partial charge in [0.05, 0.1) is 11.2 Å². The van der Waals surface area contributed by atoms with E-state index in [1.165, 1.54) is 6.33 Å². The van der Waals surface area contributed by atoms with Crippen LogP contribution in [0.25, 0.3) is 0 Å². The fourth-order valence-electron chi connectivity index (χ4n) is 1.76. The van der Waals surface area contributed by atoms with E-state index >= 15 is 0 Å². The first kappa shape index (κ1) is 14.6. The molecule has 0 fully saturated rings. The molecule has 2 aromatic heterocycles. The molecule has 2 aromatic rings. The van der Waals surface area contributed by atoms with E-state index in [1.807, 2.05) is 23.2 Å². The van der Waals surface area contributed by atoms with Gasteiger partial charge in [-0.3, -0.25) is 4.98 Å². The van der Waals surface area contributed by atoms with Crippen LogP contribution in [0.15, 0.2) is 37.1 Å². The van der Waals surface area contributed by atoms with Gasteiger partial charge in [0, 0.05) is 31.9 Å². The summed E-state index contributed by atoms with van der Waals surface area (Å²) in [5.41, 5.74) is 6.64. The number of nitrogens with zero attached hydrogens (tertiary/aromatic N) is 4. The molecule has 2 N–H and O–H groups in total. The molecule has 0 aliphatic rings. The number of halogens is 1. The van der Waals surface area contributed by atoms with Crippen molar-refractivity contribution in [1.82, 2.24) is 15.0 Å². The molecule has 2 rings (SSSR count). The number of thiocarbonyl (C=S) groups is 1. The highest BCUT2D eigenvalue weighted by Gasteiger charge is 2.13. The van der Waals surface area contributed by atoms with Gasteiger partial charge in [0.2, 0.25) is 0 Å². The first-order chi connectivity index (χ1) is 9.66. The summed E-state index contributed by atoms with van der Waals surface area (Å²) < 4.78 is 0. The Morgan fingerprint density at radius 1 is 1.35 bits per heavy atom. The Balaban J connectivity index is 2.20. The van der Waals surface area contributed by atoms with E-state index in [2.05, 4.69) is 15.0 Å². The maximum Gasteiger partial charge on any atom is 0.151 e. The highest BCUT2D eigenvalue weighted by atomic mass is 35.5. The molecule has 0 radical (unpaired) electrons. The normalized spacial score (nSPS) is 10.2. The van der Waals surface area contributed by atoms with Crippen LogP contribution in [0.2, 0.25) is 5.02 Å². The van der Waals surface area contributed by atoms with Crippen molar-refractivity contribution in [3.05, 3.63) is 47.6 Å². The van der Waals surface area contributed by atoms with Crippen molar-refractivity contribution in [2.75, 3.05) is 11.4 Å². The molecule has 0 saturated carbocycles. The van der Waals surface area contributed by atoms with Gasteiger partial charge in [0.15, 0.2) is 5.82 Å². The van der Waals surface area contributed by atoms with Crippen LogP contribution in [-0.4, -0.2) is 26.5 Å². The zero-order chi connectivity index (χ0) is 14.4. The Bertz CT molecular complexity index is 578. The molecule has 0 atom stereocenters. The quantitative estimate of drug-likeness (QED) is 0.825. The van der Waals surface area contributed by atoms with E-state index in [-0.39, 0.29) is 0 Å². The maximum absolute atomic E-state index is 6.15. The lowest BCUT2D eigenvalue weighted by Crippen LogP contribution is -2.28. The highest BCUT2D eigenvalue weighted by molar-refractivity contribution is 7.80. The summed E-state index contributed by atoms with van der Waals surface area (Å²) in [6, 6.07) is 3.89. The Hall–Kier alpha value is -1.79. The molecule has 0 amide bonds. The first-order valence-electron chi connectivity index (χ1n) is 6.04. The largest absolute Gasteiger partial charge is 0.393 e. The molecule has 0 spiro atoms. The predicted octanol–water partition coefficient (Wildman–Crippen LogP) is 2.21. The van der Waals surface area contributed by atoms with E-state index in [0.717, 1.165) is 5.56 Å². The summed E-state index contributed by atoms with van der Waals surface area (Å²) in [6.07, 6.45) is 7.18. The summed E-state index contributed by atoms with van der Waals surface area (Å²) in [4.78, 5) is 14.7. The van der Waals surface area contributed by atoms with Gasteiger partial charge < -0.3 is 10.6 Å². The zero-order valence-corrected chi connectivity index (χ0v) is 12.3. The van der Waals surface area contributed by atoms with Crippen molar-refractivity contribution in [1.29, 1.82) is 0 Å². The summed E-state index contributed by atoms with van der Waals surface area (Å²) in [5.74, 6) is 0.668. The van der Waals surface area contributed by atoms with Crippen molar-refractivity contribution in [3.8, 4) is 0 Å². The topological polar surface area (TPSA) is 67.9 Å². The number of anilines is 1. The number of hydrogen-bond donors (Lipinski definition) is 1. The minimum absolute atomic E-state index is 0.464. The molecule has 20 heavy (non-hydrogen) atoms. The van der Waals surface area contributed by atoms with Gasteiger partial charge in [-0.2, -0.15) is 0 Å². The molecule has 0 unspecified atom stereocenters. The standard InChI is InChI=1S/C13H14ClN5S/c14-11-7-17-9-18-13(11)19(5-3-12(15)20)8-10-2-1-4-16-6-10/h1-2,4,6-7,9H,3,5,8H2,(H2,15,20). The van der Waals surface area contributed by atoms with Crippen molar-refractivity contribution in [3.63, 3.8) is 0 Å². The Morgan fingerprint density at radius 2 is 2.20 bits per heavy atom. The molecule has 7 heteroatoms. The highest BCUT2D eigenvalue weighted by Crippen LogP contribution is 2.23. The second-order valence-electron chi connectivity index (χ2n) is 4.19. The van der Waals surface area contributed by atoms with Gasteiger partial charge in [0.1, 0.15) is 11.3 Å². The fraction of sp³-hybridized carbons (Fsp3) is 0.231. The van der Waals surface area contributed by atoms with Crippen LogP contribution in [0.1, 0.15) is 12.0 Å². The second-order valence-corrected chi connectivity index (χ2v) is 5.13. The molecule has 0 aromatic carbocycles. The molecule has 0 aliphatic carbocycles. The van der Waals surface area contributed by atoms with Crippen LogP contribution < -0.4 is 10.6 Å². The van der Waals surface area contributed by atoms with Crippen molar-refractivity contribution < 1.29 is 0 Å². The van der Waals surface area contributed by atoms with Gasteiger partial charge in [-0.05, 0) is 11.6 Å². The lowest BCUT2D eigenvalue weighted by atomic mass is 10.2. The molecule has 5 nitrogen and oxygen atoms in total. The number of aromatic nitrogens is 3. The Labute approximate surface area is 127 Å². The Kier molecular flexibility index (Phi) is 5.20. The van der Waals surface area contributed by atoms with Crippen LogP contribution in [0.4, 0.5) is 5.82 Å². The molecule has 0 saturated heterocycles. The molecule has 0 aliphatic heterocycles. The minimum Gasteiger partial charge on any atom is -0.393 e. The smallest absolute Gasteiger partial charge is 0.151 e. The third-order valence-corrected chi connectivity index (χ3v) is 3.14. The molecule has 0 bridgehead atoms. The third-order valence-electron chi connectivity index (χ3n) is 2.67. The van der Waals surface area contributed by atoms with E-state index in [1.54, 1.807) is 12.4 Å². The van der Waals surface area contributed by atoms with Crippen LogP contribution in [-0.2, 0) is 6.54 Å². The molecule has 2 heterocycles. The van der Waals surface area contributed by atoms with Gasteiger partial charge >= 0.3 is 0 Å². The number of hydrogen-bond acceptors (Lipinski definition) is 5. The molecular formula is C13H14ClN5S.